The van der Waals surface area contributed by atoms with Crippen molar-refractivity contribution in [3.63, 3.8) is 0 Å². The molecule has 108 valence electrons. The highest BCUT2D eigenvalue weighted by atomic mass is 79.9. The number of H-pyrrole nitrogens is 1. The second-order valence-electron chi connectivity index (χ2n) is 5.01. The molecule has 0 aliphatic rings. The average Bonchev–Trinajstić information content (AvgIpc) is 2.78. The highest BCUT2D eigenvalue weighted by molar-refractivity contribution is 9.10. The Labute approximate surface area is 126 Å². The van der Waals surface area contributed by atoms with Crippen LogP contribution in [0.15, 0.2) is 28.9 Å². The molecule has 0 fully saturated rings. The van der Waals surface area contributed by atoms with Crippen molar-refractivity contribution in [2.75, 3.05) is 6.61 Å². The van der Waals surface area contributed by atoms with E-state index in [1.807, 2.05) is 31.3 Å². The van der Waals surface area contributed by atoms with Gasteiger partial charge in [-0.25, -0.2) is 0 Å². The topological polar surface area (TPSA) is 65.1 Å². The van der Waals surface area contributed by atoms with Crippen LogP contribution in [0.25, 0.3) is 10.9 Å². The molecule has 20 heavy (non-hydrogen) atoms. The maximum absolute atomic E-state index is 12.0. The Hall–Kier alpha value is -1.33. The number of carbonyl (C=O) groups excluding carboxylic acids is 1. The Morgan fingerprint density at radius 1 is 1.50 bits per heavy atom. The summed E-state index contributed by atoms with van der Waals surface area (Å²) in [6.07, 6.45) is 3.76. The van der Waals surface area contributed by atoms with Crippen molar-refractivity contribution in [3.8, 4) is 0 Å². The third kappa shape index (κ3) is 3.84. The van der Waals surface area contributed by atoms with E-state index in [4.69, 9.17) is 5.11 Å². The summed E-state index contributed by atoms with van der Waals surface area (Å²) >= 11 is 3.43. The SMILES string of the molecule is CC(CCCO)NC(=O)Cc1c[nH]c2cc(Br)ccc12. The second-order valence-corrected chi connectivity index (χ2v) is 5.93. The van der Waals surface area contributed by atoms with Gasteiger partial charge in [0.1, 0.15) is 0 Å². The van der Waals surface area contributed by atoms with Crippen LogP contribution in [0, 0.1) is 0 Å². The van der Waals surface area contributed by atoms with Gasteiger partial charge in [0.2, 0.25) is 5.91 Å². The number of hydrogen-bond acceptors (Lipinski definition) is 2. The Kier molecular flexibility index (Phi) is 5.20. The Bertz CT molecular complexity index is 595. The van der Waals surface area contributed by atoms with Gasteiger partial charge in [0.25, 0.3) is 0 Å². The van der Waals surface area contributed by atoms with Crippen LogP contribution in [0.2, 0.25) is 0 Å². The molecule has 0 aliphatic carbocycles. The van der Waals surface area contributed by atoms with Crippen LogP contribution < -0.4 is 5.32 Å². The number of aliphatic hydroxyl groups is 1. The second kappa shape index (κ2) is 6.90. The van der Waals surface area contributed by atoms with E-state index < -0.39 is 0 Å². The van der Waals surface area contributed by atoms with Gasteiger partial charge in [-0.2, -0.15) is 0 Å². The van der Waals surface area contributed by atoms with Crippen LogP contribution in [-0.2, 0) is 11.2 Å². The third-order valence-corrected chi connectivity index (χ3v) is 3.78. The molecule has 4 nitrogen and oxygen atoms in total. The fourth-order valence-electron chi connectivity index (χ4n) is 2.27. The zero-order valence-electron chi connectivity index (χ0n) is 11.4. The summed E-state index contributed by atoms with van der Waals surface area (Å²) < 4.78 is 1.01. The van der Waals surface area contributed by atoms with Gasteiger partial charge in [-0.1, -0.05) is 22.0 Å². The minimum Gasteiger partial charge on any atom is -0.396 e. The fraction of sp³-hybridized carbons (Fsp3) is 0.400. The molecule has 1 amide bonds. The number of rotatable bonds is 6. The van der Waals surface area contributed by atoms with Crippen LogP contribution >= 0.6 is 15.9 Å². The van der Waals surface area contributed by atoms with Gasteiger partial charge in [-0.15, -0.1) is 0 Å². The third-order valence-electron chi connectivity index (χ3n) is 3.28. The van der Waals surface area contributed by atoms with E-state index in [0.29, 0.717) is 12.8 Å². The van der Waals surface area contributed by atoms with Crippen molar-refractivity contribution in [3.05, 3.63) is 34.4 Å². The molecule has 0 bridgehead atoms. The number of halogens is 1. The summed E-state index contributed by atoms with van der Waals surface area (Å²) in [7, 11) is 0. The number of aromatic amines is 1. The molecule has 2 aromatic rings. The van der Waals surface area contributed by atoms with Crippen molar-refractivity contribution in [1.82, 2.24) is 10.3 Å². The summed E-state index contributed by atoms with van der Waals surface area (Å²) in [6, 6.07) is 6.07. The van der Waals surface area contributed by atoms with Crippen molar-refractivity contribution >= 4 is 32.7 Å². The molecule has 0 saturated carbocycles. The van der Waals surface area contributed by atoms with Gasteiger partial charge in [0.15, 0.2) is 0 Å². The van der Waals surface area contributed by atoms with Gasteiger partial charge in [-0.3, -0.25) is 4.79 Å². The minimum atomic E-state index is 0.0132. The maximum Gasteiger partial charge on any atom is 0.224 e. The van der Waals surface area contributed by atoms with Crippen LogP contribution in [0.3, 0.4) is 0 Å². The number of nitrogens with one attached hydrogen (secondary N) is 2. The first-order chi connectivity index (χ1) is 9.60. The number of carbonyl (C=O) groups is 1. The fourth-order valence-corrected chi connectivity index (χ4v) is 2.63. The summed E-state index contributed by atoms with van der Waals surface area (Å²) in [4.78, 5) is 15.2. The van der Waals surface area contributed by atoms with Crippen molar-refractivity contribution in [2.45, 2.75) is 32.2 Å². The molecule has 1 aromatic heterocycles. The molecule has 0 saturated heterocycles. The first-order valence-corrected chi connectivity index (χ1v) is 7.55. The average molecular weight is 339 g/mol. The summed E-state index contributed by atoms with van der Waals surface area (Å²) in [5.74, 6) is 0.0132. The predicted molar refractivity (Wildman–Crippen MR) is 83.6 cm³/mol. The first kappa shape index (κ1) is 15.1. The Balaban J connectivity index is 1.99. The lowest BCUT2D eigenvalue weighted by Crippen LogP contribution is -2.33. The normalized spacial score (nSPS) is 12.6. The first-order valence-electron chi connectivity index (χ1n) is 6.76. The molecule has 1 unspecified atom stereocenters. The van der Waals surface area contributed by atoms with E-state index in [2.05, 4.69) is 26.2 Å². The summed E-state index contributed by atoms with van der Waals surface area (Å²) in [5, 5.41) is 12.8. The van der Waals surface area contributed by atoms with Gasteiger partial charge in [-0.05, 0) is 37.5 Å². The van der Waals surface area contributed by atoms with Gasteiger partial charge >= 0.3 is 0 Å². The van der Waals surface area contributed by atoms with E-state index in [1.54, 1.807) is 0 Å². The number of amides is 1. The monoisotopic (exact) mass is 338 g/mol. The number of benzene rings is 1. The number of fused-ring (bicyclic) bond motifs is 1. The largest absolute Gasteiger partial charge is 0.396 e. The smallest absolute Gasteiger partial charge is 0.224 e. The van der Waals surface area contributed by atoms with Crippen molar-refractivity contribution in [1.29, 1.82) is 0 Å². The van der Waals surface area contributed by atoms with Gasteiger partial charge in [0.05, 0.1) is 6.42 Å². The van der Waals surface area contributed by atoms with Crippen LogP contribution in [0.5, 0.6) is 0 Å². The van der Waals surface area contributed by atoms with Gasteiger partial charge in [0, 0.05) is 34.2 Å². The van der Waals surface area contributed by atoms with E-state index in [1.165, 1.54) is 0 Å². The molecule has 5 heteroatoms. The lowest BCUT2D eigenvalue weighted by atomic mass is 10.1. The maximum atomic E-state index is 12.0. The molecule has 2 rings (SSSR count). The molecule has 1 aromatic carbocycles. The van der Waals surface area contributed by atoms with E-state index in [0.717, 1.165) is 27.4 Å². The molecule has 1 atom stereocenters. The Morgan fingerprint density at radius 3 is 3.05 bits per heavy atom. The quantitative estimate of drug-likeness (QED) is 0.758. The zero-order chi connectivity index (χ0) is 14.5. The van der Waals surface area contributed by atoms with E-state index in [9.17, 15) is 4.79 Å². The minimum absolute atomic E-state index is 0.0132. The number of hydrogen-bond donors (Lipinski definition) is 3. The van der Waals surface area contributed by atoms with Crippen LogP contribution in [0.1, 0.15) is 25.3 Å². The van der Waals surface area contributed by atoms with Gasteiger partial charge < -0.3 is 15.4 Å². The molecular weight excluding hydrogens is 320 g/mol. The zero-order valence-corrected chi connectivity index (χ0v) is 13.0. The predicted octanol–water partition coefficient (Wildman–Crippen LogP) is 2.75. The van der Waals surface area contributed by atoms with Crippen LogP contribution in [0.4, 0.5) is 0 Å². The number of aliphatic hydroxyl groups excluding tert-OH is 1. The summed E-state index contributed by atoms with van der Waals surface area (Å²) in [6.45, 7) is 2.12. The highest BCUT2D eigenvalue weighted by Crippen LogP contribution is 2.22. The number of aromatic nitrogens is 1. The molecular formula is C15H19BrN2O2. The van der Waals surface area contributed by atoms with Crippen molar-refractivity contribution in [2.24, 2.45) is 0 Å². The molecule has 0 spiro atoms. The lowest BCUT2D eigenvalue weighted by Gasteiger charge is -2.12. The van der Waals surface area contributed by atoms with Crippen LogP contribution in [-0.4, -0.2) is 28.6 Å². The van der Waals surface area contributed by atoms with E-state index >= 15 is 0 Å². The molecule has 0 radical (unpaired) electrons. The summed E-state index contributed by atoms with van der Waals surface area (Å²) in [5.41, 5.74) is 2.02. The Morgan fingerprint density at radius 2 is 2.30 bits per heavy atom. The highest BCUT2D eigenvalue weighted by Gasteiger charge is 2.11. The lowest BCUT2D eigenvalue weighted by molar-refractivity contribution is -0.121. The van der Waals surface area contributed by atoms with Crippen molar-refractivity contribution < 1.29 is 9.90 Å². The molecule has 3 N–H and O–H groups in total. The molecule has 1 heterocycles. The standard InChI is InChI=1S/C15H19BrN2O2/c1-10(3-2-6-19)18-15(20)7-11-9-17-14-8-12(16)4-5-13(11)14/h4-5,8-10,17,19H,2-3,6-7H2,1H3,(H,18,20). The molecule has 0 aliphatic heterocycles. The van der Waals surface area contributed by atoms with E-state index in [-0.39, 0.29) is 18.6 Å².